The minimum atomic E-state index is -2.64. The summed E-state index contributed by atoms with van der Waals surface area (Å²) in [5.74, 6) is -3.47. The van der Waals surface area contributed by atoms with Gasteiger partial charge in [0.1, 0.15) is 0 Å². The number of rotatable bonds is 14. The Hall–Kier alpha value is -0.540. The standard InChI is InChI=1S/C10H20F2.C10H18F2.C10H22/c2*1-8(2)6-5-7-10(11,12)9(3)4;1-9(2)7-5-6-8-10(3)4/h8-9H,5-7H2,1-4H3;5,7-9H,6H2,1-4H3;9-10H,5-8H2,1-4H3/b;7-5+;. The van der Waals surface area contributed by atoms with Crippen molar-refractivity contribution in [1.82, 2.24) is 0 Å². The van der Waals surface area contributed by atoms with Crippen molar-refractivity contribution in [3.63, 3.8) is 0 Å². The molecule has 0 saturated heterocycles. The van der Waals surface area contributed by atoms with Crippen molar-refractivity contribution in [2.24, 2.45) is 35.5 Å². The predicted molar refractivity (Wildman–Crippen MR) is 145 cm³/mol. The van der Waals surface area contributed by atoms with Crippen LogP contribution in [0.5, 0.6) is 0 Å². The second-order valence-electron chi connectivity index (χ2n) is 12.1. The highest BCUT2D eigenvalue weighted by molar-refractivity contribution is 4.96. The van der Waals surface area contributed by atoms with Gasteiger partial charge in [-0.25, -0.2) is 17.6 Å². The van der Waals surface area contributed by atoms with Crippen LogP contribution in [0.25, 0.3) is 0 Å². The lowest BCUT2D eigenvalue weighted by Gasteiger charge is -2.20. The molecule has 34 heavy (non-hydrogen) atoms. The third-order valence-electron chi connectivity index (χ3n) is 5.67. The van der Waals surface area contributed by atoms with Gasteiger partial charge in [0.05, 0.1) is 0 Å². The first-order valence-electron chi connectivity index (χ1n) is 13.8. The molecule has 0 spiro atoms. The maximum Gasteiger partial charge on any atom is 0.268 e. The van der Waals surface area contributed by atoms with Gasteiger partial charge in [-0.2, -0.15) is 0 Å². The molecule has 208 valence electrons. The van der Waals surface area contributed by atoms with Gasteiger partial charge >= 0.3 is 0 Å². The molecule has 0 aromatic heterocycles. The Labute approximate surface area is 211 Å². The van der Waals surface area contributed by atoms with Gasteiger partial charge in [-0.3, -0.25) is 0 Å². The van der Waals surface area contributed by atoms with E-state index >= 15 is 0 Å². The lowest BCUT2D eigenvalue weighted by atomic mass is 9.97. The van der Waals surface area contributed by atoms with Gasteiger partial charge in [-0.15, -0.1) is 0 Å². The van der Waals surface area contributed by atoms with E-state index in [2.05, 4.69) is 41.5 Å². The summed E-state index contributed by atoms with van der Waals surface area (Å²) in [7, 11) is 0. The van der Waals surface area contributed by atoms with Crippen LogP contribution in [0.2, 0.25) is 0 Å². The fourth-order valence-electron chi connectivity index (χ4n) is 2.83. The molecule has 0 aliphatic carbocycles. The van der Waals surface area contributed by atoms with E-state index in [1.54, 1.807) is 19.9 Å². The van der Waals surface area contributed by atoms with Gasteiger partial charge in [-0.05, 0) is 42.6 Å². The third kappa shape index (κ3) is 27.7. The molecule has 0 saturated carbocycles. The van der Waals surface area contributed by atoms with E-state index in [0.29, 0.717) is 18.3 Å². The summed E-state index contributed by atoms with van der Waals surface area (Å²) in [6.45, 7) is 23.6. The molecule has 0 radical (unpaired) electrons. The molecule has 0 amide bonds. The van der Waals surface area contributed by atoms with Gasteiger partial charge < -0.3 is 0 Å². The Morgan fingerprint density at radius 3 is 1.21 bits per heavy atom. The van der Waals surface area contributed by atoms with Gasteiger partial charge in [-0.1, -0.05) is 121 Å². The summed E-state index contributed by atoms with van der Waals surface area (Å²) in [6.07, 6.45) is 10.6. The van der Waals surface area contributed by atoms with E-state index < -0.39 is 23.7 Å². The Morgan fingerprint density at radius 2 is 0.912 bits per heavy atom. The van der Waals surface area contributed by atoms with Crippen LogP contribution in [0.1, 0.15) is 134 Å². The monoisotopic (exact) mass is 496 g/mol. The van der Waals surface area contributed by atoms with Gasteiger partial charge in [0, 0.05) is 18.3 Å². The molecule has 0 atom stereocenters. The zero-order valence-electron chi connectivity index (χ0n) is 24.8. The molecule has 0 N–H and O–H groups in total. The van der Waals surface area contributed by atoms with E-state index in [-0.39, 0.29) is 6.42 Å². The Bertz CT molecular complexity index is 450. The quantitative estimate of drug-likeness (QED) is 0.127. The molecule has 0 rings (SSSR count). The first-order valence-corrected chi connectivity index (χ1v) is 13.8. The summed E-state index contributed by atoms with van der Waals surface area (Å²) in [5.41, 5.74) is 0. The minimum Gasteiger partial charge on any atom is -0.207 e. The highest BCUT2D eigenvalue weighted by Gasteiger charge is 2.32. The lowest BCUT2D eigenvalue weighted by molar-refractivity contribution is -0.0544. The van der Waals surface area contributed by atoms with Crippen LogP contribution >= 0.6 is 0 Å². The van der Waals surface area contributed by atoms with Crippen LogP contribution in [0.4, 0.5) is 17.6 Å². The number of allylic oxidation sites excluding steroid dienone is 2. The zero-order chi connectivity index (χ0) is 27.5. The number of alkyl halides is 4. The zero-order valence-corrected chi connectivity index (χ0v) is 24.8. The van der Waals surface area contributed by atoms with Crippen LogP contribution < -0.4 is 0 Å². The van der Waals surface area contributed by atoms with Crippen LogP contribution in [-0.2, 0) is 0 Å². The first-order chi connectivity index (χ1) is 15.3. The molecule has 0 aromatic rings. The molecule has 0 aromatic carbocycles. The fraction of sp³-hybridized carbons (Fsp3) is 0.933. The predicted octanol–water partition coefficient (Wildman–Crippen LogP) is 11.8. The van der Waals surface area contributed by atoms with E-state index in [0.717, 1.165) is 30.8 Å². The van der Waals surface area contributed by atoms with Crippen LogP contribution in [0, 0.1) is 35.5 Å². The number of unbranched alkanes of at least 4 members (excludes halogenated alkanes) is 1. The average Bonchev–Trinajstić information content (AvgIpc) is 2.65. The maximum absolute atomic E-state index is 13.0. The summed E-state index contributed by atoms with van der Waals surface area (Å²) in [5, 5.41) is 0. The Morgan fingerprint density at radius 1 is 0.529 bits per heavy atom. The van der Waals surface area contributed by atoms with E-state index in [1.807, 2.05) is 13.8 Å². The summed E-state index contributed by atoms with van der Waals surface area (Å²) in [4.78, 5) is 0. The van der Waals surface area contributed by atoms with E-state index in [9.17, 15) is 17.6 Å². The normalized spacial score (nSPS) is 12.8. The van der Waals surface area contributed by atoms with Crippen molar-refractivity contribution in [2.45, 2.75) is 146 Å². The van der Waals surface area contributed by atoms with Crippen molar-refractivity contribution in [3.8, 4) is 0 Å². The summed E-state index contributed by atoms with van der Waals surface area (Å²) < 4.78 is 51.8. The molecule has 0 aliphatic rings. The van der Waals surface area contributed by atoms with Crippen molar-refractivity contribution in [2.75, 3.05) is 0 Å². The van der Waals surface area contributed by atoms with Crippen LogP contribution in [0.3, 0.4) is 0 Å². The molecule has 0 nitrogen and oxygen atoms in total. The van der Waals surface area contributed by atoms with Crippen LogP contribution in [0.15, 0.2) is 12.2 Å². The molecule has 0 fully saturated rings. The molecular weight excluding hydrogens is 436 g/mol. The second kappa shape index (κ2) is 20.6. The highest BCUT2D eigenvalue weighted by atomic mass is 19.3. The van der Waals surface area contributed by atoms with Crippen LogP contribution in [-0.4, -0.2) is 11.8 Å². The van der Waals surface area contributed by atoms with Gasteiger partial charge in [0.25, 0.3) is 5.92 Å². The summed E-state index contributed by atoms with van der Waals surface area (Å²) in [6, 6.07) is 0. The Kier molecular flexibility index (Phi) is 23.1. The number of hydrogen-bond donors (Lipinski definition) is 0. The van der Waals surface area contributed by atoms with Crippen molar-refractivity contribution in [3.05, 3.63) is 12.2 Å². The lowest BCUT2D eigenvalue weighted by Crippen LogP contribution is -2.23. The molecule has 0 aliphatic heterocycles. The first kappa shape index (κ1) is 38.0. The molecule has 0 heterocycles. The second-order valence-corrected chi connectivity index (χ2v) is 12.1. The minimum absolute atomic E-state index is 0.0445. The Balaban J connectivity index is -0.000000426. The molecule has 4 heteroatoms. The number of halogens is 4. The van der Waals surface area contributed by atoms with Crippen molar-refractivity contribution >= 4 is 0 Å². The number of hydrogen-bond acceptors (Lipinski definition) is 0. The fourth-order valence-corrected chi connectivity index (χ4v) is 2.83. The highest BCUT2D eigenvalue weighted by Crippen LogP contribution is 2.30. The van der Waals surface area contributed by atoms with E-state index in [4.69, 9.17) is 0 Å². The van der Waals surface area contributed by atoms with Gasteiger partial charge in [0.15, 0.2) is 0 Å². The van der Waals surface area contributed by atoms with Crippen molar-refractivity contribution in [1.29, 1.82) is 0 Å². The van der Waals surface area contributed by atoms with Gasteiger partial charge in [0.2, 0.25) is 5.92 Å². The molecule has 0 unspecified atom stereocenters. The van der Waals surface area contributed by atoms with E-state index in [1.165, 1.54) is 39.5 Å². The average molecular weight is 497 g/mol. The third-order valence-corrected chi connectivity index (χ3v) is 5.67. The smallest absolute Gasteiger partial charge is 0.207 e. The topological polar surface area (TPSA) is 0 Å². The summed E-state index contributed by atoms with van der Waals surface area (Å²) >= 11 is 0. The molecular formula is C30H60F4. The molecule has 0 bridgehead atoms. The van der Waals surface area contributed by atoms with Crippen molar-refractivity contribution < 1.29 is 17.6 Å². The maximum atomic E-state index is 13.0. The SMILES string of the molecule is CC(C)C/C=C/C(F)(F)C(C)C.CC(C)CCCC(F)(F)C(C)C.CC(C)CCCCC(C)C. The largest absolute Gasteiger partial charge is 0.268 e.